The fourth-order valence-electron chi connectivity index (χ4n) is 8.60. The third-order valence-electron chi connectivity index (χ3n) is 11.1. The zero-order valence-corrected chi connectivity index (χ0v) is 31.0. The summed E-state index contributed by atoms with van der Waals surface area (Å²) in [6.45, 7) is 11.9. The molecule has 0 saturated carbocycles. The van der Waals surface area contributed by atoms with Gasteiger partial charge in [-0.2, -0.15) is 0 Å². The largest absolute Gasteiger partial charge is 0.344 e. The highest BCUT2D eigenvalue weighted by molar-refractivity contribution is 6.21. The van der Waals surface area contributed by atoms with Gasteiger partial charge in [-0.25, -0.2) is 0 Å². The van der Waals surface area contributed by atoms with Crippen LogP contribution in [0.2, 0.25) is 0 Å². The highest BCUT2D eigenvalue weighted by atomic mass is 14.9. The summed E-state index contributed by atoms with van der Waals surface area (Å²) < 4.78 is 2.33. The minimum Gasteiger partial charge on any atom is -0.344 e. The van der Waals surface area contributed by atoms with E-state index in [0.29, 0.717) is 0 Å². The third kappa shape index (κ3) is 5.49. The van der Waals surface area contributed by atoms with Gasteiger partial charge in [0.2, 0.25) is 0 Å². The average molecular weight is 694 g/mol. The van der Waals surface area contributed by atoms with Gasteiger partial charge in [0.05, 0.1) is 5.41 Å². The maximum Gasteiger partial charge on any atom is 0.0713 e. The number of nitrogens with zero attached hydrogens (tertiary/aromatic N) is 1. The first-order valence-electron chi connectivity index (χ1n) is 18.6. The molecule has 0 spiro atoms. The van der Waals surface area contributed by atoms with E-state index in [1.54, 1.807) is 0 Å². The molecule has 0 amide bonds. The molecule has 0 bridgehead atoms. The van der Waals surface area contributed by atoms with Crippen LogP contribution in [0.5, 0.6) is 0 Å². The molecular formula is C53H43N. The molecule has 0 fully saturated rings. The molecule has 54 heavy (non-hydrogen) atoms. The topological polar surface area (TPSA) is 4.93 Å². The molecule has 10 rings (SSSR count). The molecule has 1 aliphatic rings. The van der Waals surface area contributed by atoms with E-state index in [4.69, 9.17) is 0 Å². The lowest BCUT2D eigenvalue weighted by atomic mass is 9.67. The minimum atomic E-state index is -0.399. The lowest BCUT2D eigenvalue weighted by Gasteiger charge is -2.34. The molecule has 0 radical (unpaired) electrons. The number of hydrogen-bond donors (Lipinski definition) is 0. The predicted octanol–water partition coefficient (Wildman–Crippen LogP) is 12.2. The molecule has 1 heterocycles. The van der Waals surface area contributed by atoms with Gasteiger partial charge in [-0.15, -0.1) is 13.2 Å². The number of fused-ring (bicyclic) bond motifs is 8. The zero-order chi connectivity index (χ0) is 37.2. The monoisotopic (exact) mass is 693 g/mol. The van der Waals surface area contributed by atoms with Crippen LogP contribution in [-0.4, -0.2) is 4.57 Å². The second-order valence-electron chi connectivity index (χ2n) is 13.7. The van der Waals surface area contributed by atoms with Crippen LogP contribution < -0.4 is 10.4 Å². The molecule has 0 saturated heterocycles. The third-order valence-corrected chi connectivity index (χ3v) is 11.1. The summed E-state index contributed by atoms with van der Waals surface area (Å²) in [6.07, 6.45) is 2.06. The fraction of sp³-hybridized carbons (Fsp3) is 0.0566. The van der Waals surface area contributed by atoms with Crippen LogP contribution in [0.4, 0.5) is 0 Å². The van der Waals surface area contributed by atoms with Crippen LogP contribution in [0.1, 0.15) is 29.2 Å². The van der Waals surface area contributed by atoms with Crippen LogP contribution in [0.15, 0.2) is 195 Å². The van der Waals surface area contributed by atoms with E-state index in [1.807, 2.05) is 25.1 Å². The van der Waals surface area contributed by atoms with Crippen LogP contribution in [0.3, 0.4) is 0 Å². The number of aryl methyl sites for hydroxylation is 1. The number of benzene rings is 8. The normalized spacial score (nSPS) is 12.7. The fourth-order valence-corrected chi connectivity index (χ4v) is 8.60. The van der Waals surface area contributed by atoms with Crippen molar-refractivity contribution in [3.05, 3.63) is 228 Å². The van der Waals surface area contributed by atoms with E-state index < -0.39 is 5.41 Å². The van der Waals surface area contributed by atoms with Crippen molar-refractivity contribution < 1.29 is 0 Å². The Morgan fingerprint density at radius 1 is 0.500 bits per heavy atom. The average Bonchev–Trinajstić information content (AvgIpc) is 3.71. The molecule has 8 aromatic carbocycles. The van der Waals surface area contributed by atoms with Crippen molar-refractivity contribution >= 4 is 45.2 Å². The van der Waals surface area contributed by atoms with E-state index >= 15 is 0 Å². The van der Waals surface area contributed by atoms with Gasteiger partial charge < -0.3 is 4.57 Å². The Kier molecular flexibility index (Phi) is 9.15. The summed E-state index contributed by atoms with van der Waals surface area (Å²) in [5.74, 6) is 0. The van der Waals surface area contributed by atoms with Gasteiger partial charge in [-0.3, -0.25) is 0 Å². The Morgan fingerprint density at radius 2 is 1.07 bits per heavy atom. The number of aromatic nitrogens is 1. The summed E-state index contributed by atoms with van der Waals surface area (Å²) in [7, 11) is 2.18. The Bertz CT molecular complexity index is 2860. The molecule has 0 N–H and O–H groups in total. The van der Waals surface area contributed by atoms with Crippen LogP contribution in [-0.2, 0) is 12.5 Å². The summed E-state index contributed by atoms with van der Waals surface area (Å²) in [5.41, 5.74) is 12.5. The molecule has 260 valence electrons. The van der Waals surface area contributed by atoms with Gasteiger partial charge in [0.25, 0.3) is 0 Å². The quantitative estimate of drug-likeness (QED) is 0.162. The Morgan fingerprint density at radius 3 is 1.78 bits per heavy atom. The van der Waals surface area contributed by atoms with Crippen molar-refractivity contribution in [3.8, 4) is 22.3 Å². The van der Waals surface area contributed by atoms with Crippen LogP contribution in [0, 0.1) is 0 Å². The predicted molar refractivity (Wildman–Crippen MR) is 233 cm³/mol. The SMILES string of the molecule is C=C.C=c1cccc/c1=C/C.Cn1c2ccc(-c3ccc4c(c3)C(c3ccccc3)(c3ccccc3)c3ccccc3-4)cc2c2c3ccccc3ccc21. The summed E-state index contributed by atoms with van der Waals surface area (Å²) in [4.78, 5) is 0. The minimum absolute atomic E-state index is 0.399. The van der Waals surface area contributed by atoms with Gasteiger partial charge in [-0.1, -0.05) is 170 Å². The molecule has 0 unspecified atom stereocenters. The standard InChI is InChI=1S/C42H29N.C9H10.C2H4/c1-43-39-24-22-29(26-36(39)41-33-17-9-8-12-28(33)21-25-40(41)43)30-20-23-35-34-18-10-11-19-37(34)42(38(35)27-30,31-13-4-2-5-14-31)32-15-6-3-7-16-32;1-3-9-7-5-4-6-8(9)2;1-2/h2-27H,1H3;3-7H,2H2,1H3;1-2H2/b;9-3-;. The molecule has 1 aromatic heterocycles. The van der Waals surface area contributed by atoms with E-state index in [9.17, 15) is 0 Å². The van der Waals surface area contributed by atoms with Gasteiger partial charge in [0, 0.05) is 28.9 Å². The first-order chi connectivity index (χ1) is 26.6. The second kappa shape index (κ2) is 14.4. The van der Waals surface area contributed by atoms with Crippen molar-refractivity contribution in [1.82, 2.24) is 4.57 Å². The van der Waals surface area contributed by atoms with Gasteiger partial charge in [0.15, 0.2) is 0 Å². The molecule has 0 aliphatic heterocycles. The molecule has 9 aromatic rings. The Balaban J connectivity index is 0.000000329. The van der Waals surface area contributed by atoms with E-state index in [0.717, 1.165) is 5.22 Å². The second-order valence-corrected chi connectivity index (χ2v) is 13.7. The summed E-state index contributed by atoms with van der Waals surface area (Å²) in [5, 5.41) is 7.53. The van der Waals surface area contributed by atoms with E-state index in [1.165, 1.54) is 82.3 Å². The van der Waals surface area contributed by atoms with Crippen molar-refractivity contribution in [2.24, 2.45) is 7.05 Å². The van der Waals surface area contributed by atoms with Crippen LogP contribution in [0.25, 0.3) is 67.5 Å². The maximum atomic E-state index is 3.86. The highest BCUT2D eigenvalue weighted by Gasteiger charge is 2.46. The molecule has 0 atom stereocenters. The number of hydrogen-bond acceptors (Lipinski definition) is 0. The Hall–Kier alpha value is -6.70. The van der Waals surface area contributed by atoms with Crippen molar-refractivity contribution in [2.75, 3.05) is 0 Å². The van der Waals surface area contributed by atoms with Crippen molar-refractivity contribution in [1.29, 1.82) is 0 Å². The molecule has 1 heteroatoms. The smallest absolute Gasteiger partial charge is 0.0713 e. The van der Waals surface area contributed by atoms with Crippen LogP contribution >= 0.6 is 0 Å². The van der Waals surface area contributed by atoms with Gasteiger partial charge >= 0.3 is 0 Å². The van der Waals surface area contributed by atoms with E-state index in [-0.39, 0.29) is 0 Å². The van der Waals surface area contributed by atoms with Gasteiger partial charge in [-0.05, 0) is 96.9 Å². The first kappa shape index (κ1) is 34.4. The summed E-state index contributed by atoms with van der Waals surface area (Å²) >= 11 is 0. The lowest BCUT2D eigenvalue weighted by molar-refractivity contribution is 0.769. The number of rotatable bonds is 3. The van der Waals surface area contributed by atoms with Crippen molar-refractivity contribution in [3.63, 3.8) is 0 Å². The van der Waals surface area contributed by atoms with Crippen molar-refractivity contribution in [2.45, 2.75) is 12.3 Å². The summed E-state index contributed by atoms with van der Waals surface area (Å²) in [6, 6.07) is 66.5. The lowest BCUT2D eigenvalue weighted by Crippen LogP contribution is -2.28. The highest BCUT2D eigenvalue weighted by Crippen LogP contribution is 2.56. The molecule has 1 aliphatic carbocycles. The van der Waals surface area contributed by atoms with Gasteiger partial charge in [0.1, 0.15) is 0 Å². The molecular weight excluding hydrogens is 651 g/mol. The maximum absolute atomic E-state index is 3.86. The molecule has 1 nitrogen and oxygen atoms in total. The zero-order valence-electron chi connectivity index (χ0n) is 31.0. The first-order valence-corrected chi connectivity index (χ1v) is 18.6. The Labute approximate surface area is 318 Å². The van der Waals surface area contributed by atoms with E-state index in [2.05, 4.69) is 201 Å².